The summed E-state index contributed by atoms with van der Waals surface area (Å²) in [6.07, 6.45) is -4.74. The van der Waals surface area contributed by atoms with Gasteiger partial charge in [-0.1, -0.05) is 32.0 Å². The molecule has 134 valence electrons. The van der Waals surface area contributed by atoms with Gasteiger partial charge in [-0.25, -0.2) is 0 Å². The van der Waals surface area contributed by atoms with Crippen molar-refractivity contribution in [2.45, 2.75) is 36.8 Å². The highest BCUT2D eigenvalue weighted by molar-refractivity contribution is 7.90. The summed E-state index contributed by atoms with van der Waals surface area (Å²) in [5, 5.41) is 0. The van der Waals surface area contributed by atoms with Crippen molar-refractivity contribution in [3.63, 3.8) is 0 Å². The first-order chi connectivity index (χ1) is 10.8. The highest BCUT2D eigenvalue weighted by Crippen LogP contribution is 2.35. The number of hydrogen-bond donors (Lipinski definition) is 0. The van der Waals surface area contributed by atoms with E-state index in [-0.39, 0.29) is 10.5 Å². The van der Waals surface area contributed by atoms with Crippen molar-refractivity contribution in [3.8, 4) is 0 Å². The van der Waals surface area contributed by atoms with Crippen LogP contribution < -0.4 is 0 Å². The number of Topliss-reactive ketones (excluding diaryl/α,β-unsaturated/α-hetero) is 1. The Morgan fingerprint density at radius 2 is 1.75 bits per heavy atom. The lowest BCUT2D eigenvalue weighted by Gasteiger charge is -2.26. The van der Waals surface area contributed by atoms with Crippen molar-refractivity contribution in [3.05, 3.63) is 29.8 Å². The number of hydrogen-bond acceptors (Lipinski definition) is 3. The molecule has 0 unspecified atom stereocenters. The summed E-state index contributed by atoms with van der Waals surface area (Å²) in [4.78, 5) is 12.5. The molecule has 0 fully saturated rings. The second-order valence-electron chi connectivity index (χ2n) is 6.14. The lowest BCUT2D eigenvalue weighted by atomic mass is 9.80. The molecule has 0 N–H and O–H groups in total. The van der Waals surface area contributed by atoms with E-state index < -0.39 is 33.8 Å². The molecule has 0 aromatic heterocycles. The molecule has 5 nitrogen and oxygen atoms in total. The molecule has 0 saturated carbocycles. The van der Waals surface area contributed by atoms with E-state index >= 15 is 0 Å². The van der Waals surface area contributed by atoms with Gasteiger partial charge >= 0.3 is 6.18 Å². The van der Waals surface area contributed by atoms with Crippen LogP contribution in [0, 0.1) is 0 Å². The van der Waals surface area contributed by atoms with E-state index in [0.29, 0.717) is 0 Å². The SMILES string of the molecule is CN(C)C=NS(=O)(=O)c1ccccc1C(C)(C)CC(=O)C(F)(F)F. The summed E-state index contributed by atoms with van der Waals surface area (Å²) >= 11 is 0. The maximum atomic E-state index is 12.5. The second kappa shape index (κ2) is 6.92. The zero-order valence-electron chi connectivity index (χ0n) is 13.8. The molecule has 0 saturated heterocycles. The van der Waals surface area contributed by atoms with Crippen LogP contribution in [-0.2, 0) is 20.2 Å². The fourth-order valence-electron chi connectivity index (χ4n) is 2.06. The summed E-state index contributed by atoms with van der Waals surface area (Å²) in [7, 11) is -0.945. The molecule has 0 radical (unpaired) electrons. The van der Waals surface area contributed by atoms with Gasteiger partial charge in [0.05, 0.1) is 4.90 Å². The Labute approximate surface area is 139 Å². The van der Waals surface area contributed by atoms with E-state index in [9.17, 15) is 26.4 Å². The summed E-state index contributed by atoms with van der Waals surface area (Å²) in [6, 6.07) is 5.60. The van der Waals surface area contributed by atoms with Crippen LogP contribution >= 0.6 is 0 Å². The molecule has 0 amide bonds. The van der Waals surface area contributed by atoms with Crippen LogP contribution in [0.25, 0.3) is 0 Å². The third-order valence-electron chi connectivity index (χ3n) is 3.23. The van der Waals surface area contributed by atoms with Crippen LogP contribution in [-0.4, -0.2) is 45.7 Å². The number of sulfonamides is 1. The zero-order valence-corrected chi connectivity index (χ0v) is 14.6. The van der Waals surface area contributed by atoms with Gasteiger partial charge in [0.25, 0.3) is 10.0 Å². The summed E-state index contributed by atoms with van der Waals surface area (Å²) in [6.45, 7) is 2.78. The van der Waals surface area contributed by atoms with Crippen molar-refractivity contribution >= 4 is 22.1 Å². The van der Waals surface area contributed by atoms with E-state index in [1.54, 1.807) is 14.1 Å². The molecule has 0 spiro atoms. The maximum Gasteiger partial charge on any atom is 0.450 e. The molecule has 0 heterocycles. The lowest BCUT2D eigenvalue weighted by molar-refractivity contribution is -0.172. The molecule has 0 aliphatic rings. The minimum atomic E-state index is -4.96. The Bertz CT molecular complexity index is 739. The number of halogens is 3. The van der Waals surface area contributed by atoms with E-state index in [1.165, 1.54) is 43.0 Å². The molecule has 0 bridgehead atoms. The molecule has 1 rings (SSSR count). The summed E-state index contributed by atoms with van der Waals surface area (Å²) in [5.41, 5.74) is -1.22. The molecular formula is C15H19F3N2O3S. The zero-order chi connectivity index (χ0) is 18.8. The Morgan fingerprint density at radius 3 is 2.25 bits per heavy atom. The van der Waals surface area contributed by atoms with Gasteiger partial charge in [0, 0.05) is 20.5 Å². The molecule has 0 atom stereocenters. The third kappa shape index (κ3) is 5.05. The van der Waals surface area contributed by atoms with Crippen LogP contribution in [0.2, 0.25) is 0 Å². The van der Waals surface area contributed by atoms with Gasteiger partial charge in [0.1, 0.15) is 6.34 Å². The molecule has 9 heteroatoms. The predicted molar refractivity (Wildman–Crippen MR) is 84.5 cm³/mol. The van der Waals surface area contributed by atoms with Crippen LogP contribution in [0.15, 0.2) is 33.6 Å². The van der Waals surface area contributed by atoms with E-state index in [1.807, 2.05) is 0 Å². The number of carbonyl (C=O) groups excluding carboxylic acids is 1. The van der Waals surface area contributed by atoms with Gasteiger partial charge in [0.15, 0.2) is 0 Å². The maximum absolute atomic E-state index is 12.5. The fourth-order valence-corrected chi connectivity index (χ4v) is 3.36. The molecule has 0 aliphatic carbocycles. The normalized spacial score (nSPS) is 13.3. The number of rotatable bonds is 6. The summed E-state index contributed by atoms with van der Waals surface area (Å²) < 4.78 is 65.8. The first-order valence-electron chi connectivity index (χ1n) is 6.94. The van der Waals surface area contributed by atoms with Gasteiger partial charge < -0.3 is 4.90 Å². The van der Waals surface area contributed by atoms with Gasteiger partial charge in [-0.15, -0.1) is 4.40 Å². The first kappa shape index (κ1) is 20.1. The van der Waals surface area contributed by atoms with Crippen molar-refractivity contribution in [1.82, 2.24) is 4.90 Å². The topological polar surface area (TPSA) is 66.8 Å². The average molecular weight is 364 g/mol. The quantitative estimate of drug-likeness (QED) is 0.575. The lowest BCUT2D eigenvalue weighted by Crippen LogP contribution is -2.31. The Morgan fingerprint density at radius 1 is 1.21 bits per heavy atom. The number of alkyl halides is 3. The predicted octanol–water partition coefficient (Wildman–Crippen LogP) is 2.76. The van der Waals surface area contributed by atoms with Gasteiger partial charge in [-0.05, 0) is 17.0 Å². The average Bonchev–Trinajstić information content (AvgIpc) is 2.44. The fraction of sp³-hybridized carbons (Fsp3) is 0.467. The van der Waals surface area contributed by atoms with Crippen molar-refractivity contribution in [2.75, 3.05) is 14.1 Å². The highest BCUT2D eigenvalue weighted by atomic mass is 32.2. The van der Waals surface area contributed by atoms with E-state index in [2.05, 4.69) is 4.40 Å². The number of carbonyl (C=O) groups is 1. The Balaban J connectivity index is 3.34. The molecule has 24 heavy (non-hydrogen) atoms. The number of ketones is 1. The minimum absolute atomic E-state index is 0.110. The summed E-state index contributed by atoms with van der Waals surface area (Å²) in [5.74, 6) is -1.91. The minimum Gasteiger partial charge on any atom is -0.368 e. The van der Waals surface area contributed by atoms with Crippen LogP contribution in [0.5, 0.6) is 0 Å². The molecule has 1 aromatic rings. The van der Waals surface area contributed by atoms with E-state index in [0.717, 1.165) is 6.34 Å². The first-order valence-corrected chi connectivity index (χ1v) is 8.38. The monoisotopic (exact) mass is 364 g/mol. The Kier molecular flexibility index (Phi) is 5.81. The highest BCUT2D eigenvalue weighted by Gasteiger charge is 2.42. The van der Waals surface area contributed by atoms with Crippen molar-refractivity contribution < 1.29 is 26.4 Å². The van der Waals surface area contributed by atoms with Gasteiger partial charge in [-0.2, -0.15) is 21.6 Å². The largest absolute Gasteiger partial charge is 0.450 e. The smallest absolute Gasteiger partial charge is 0.368 e. The second-order valence-corrected chi connectivity index (χ2v) is 7.74. The van der Waals surface area contributed by atoms with Gasteiger partial charge in [-0.3, -0.25) is 4.79 Å². The Hall–Kier alpha value is -1.90. The van der Waals surface area contributed by atoms with Crippen molar-refractivity contribution in [2.24, 2.45) is 4.40 Å². The van der Waals surface area contributed by atoms with Crippen LogP contribution in [0.3, 0.4) is 0 Å². The van der Waals surface area contributed by atoms with E-state index in [4.69, 9.17) is 0 Å². The standard InChI is InChI=1S/C15H19F3N2O3S/c1-14(2,9-13(21)15(16,17)18)11-7-5-6-8-12(11)24(22,23)19-10-20(3)4/h5-8,10H,9H2,1-4H3. The van der Waals surface area contributed by atoms with Crippen molar-refractivity contribution in [1.29, 1.82) is 0 Å². The molecule has 0 aliphatic heterocycles. The van der Waals surface area contributed by atoms with Gasteiger partial charge in [0.2, 0.25) is 5.78 Å². The molecular weight excluding hydrogens is 345 g/mol. The number of benzene rings is 1. The molecule has 1 aromatic carbocycles. The van der Waals surface area contributed by atoms with Crippen LogP contribution in [0.4, 0.5) is 13.2 Å². The number of nitrogens with zero attached hydrogens (tertiary/aromatic N) is 2. The third-order valence-corrected chi connectivity index (χ3v) is 4.51. The van der Waals surface area contributed by atoms with Crippen LogP contribution in [0.1, 0.15) is 25.8 Å².